The Kier molecular flexibility index (Phi) is 4.47. The maximum Gasteiger partial charge on any atom is 0.153 e. The van der Waals surface area contributed by atoms with E-state index in [-0.39, 0.29) is 11.8 Å². The van der Waals surface area contributed by atoms with E-state index in [0.717, 1.165) is 18.8 Å². The highest BCUT2D eigenvalue weighted by Crippen LogP contribution is 2.12. The summed E-state index contributed by atoms with van der Waals surface area (Å²) in [6, 6.07) is 8.40. The molecule has 1 aliphatic heterocycles. The highest BCUT2D eigenvalue weighted by atomic mass is 32.2. The lowest BCUT2D eigenvalue weighted by molar-refractivity contribution is 0.235. The maximum atomic E-state index is 11.5. The van der Waals surface area contributed by atoms with Crippen LogP contribution < -0.4 is 5.32 Å². The molecule has 1 aromatic rings. The SMILES string of the molecule is Cc1cccc(NCCN2CCS(=O)(=O)CC2C)c1. The van der Waals surface area contributed by atoms with E-state index in [1.807, 2.05) is 13.0 Å². The molecule has 0 amide bonds. The monoisotopic (exact) mass is 282 g/mol. The predicted octanol–water partition coefficient (Wildman–Crippen LogP) is 1.53. The minimum absolute atomic E-state index is 0.123. The molecule has 1 N–H and O–H groups in total. The van der Waals surface area contributed by atoms with E-state index < -0.39 is 9.84 Å². The molecule has 0 saturated carbocycles. The number of hydrogen-bond acceptors (Lipinski definition) is 4. The quantitative estimate of drug-likeness (QED) is 0.910. The summed E-state index contributed by atoms with van der Waals surface area (Å²) in [6.45, 7) is 6.43. The normalized spacial score (nSPS) is 23.2. The van der Waals surface area contributed by atoms with Gasteiger partial charge < -0.3 is 5.32 Å². The Hall–Kier alpha value is -1.07. The highest BCUT2D eigenvalue weighted by molar-refractivity contribution is 7.91. The summed E-state index contributed by atoms with van der Waals surface area (Å²) in [7, 11) is -2.81. The molecule has 1 unspecified atom stereocenters. The molecule has 106 valence electrons. The van der Waals surface area contributed by atoms with Gasteiger partial charge in [-0.15, -0.1) is 0 Å². The topological polar surface area (TPSA) is 49.4 Å². The number of nitrogens with one attached hydrogen (secondary N) is 1. The van der Waals surface area contributed by atoms with E-state index in [0.29, 0.717) is 12.3 Å². The molecule has 1 fully saturated rings. The Morgan fingerprint density at radius 3 is 2.89 bits per heavy atom. The first kappa shape index (κ1) is 14.3. The number of aryl methyl sites for hydroxylation is 1. The average Bonchev–Trinajstić information content (AvgIpc) is 2.31. The number of rotatable bonds is 4. The van der Waals surface area contributed by atoms with Crippen LogP contribution in [0.3, 0.4) is 0 Å². The van der Waals surface area contributed by atoms with Crippen molar-refractivity contribution in [2.75, 3.05) is 36.5 Å². The van der Waals surface area contributed by atoms with Crippen LogP contribution in [0.2, 0.25) is 0 Å². The van der Waals surface area contributed by atoms with Gasteiger partial charge >= 0.3 is 0 Å². The van der Waals surface area contributed by atoms with E-state index in [1.54, 1.807) is 0 Å². The molecule has 1 saturated heterocycles. The van der Waals surface area contributed by atoms with Gasteiger partial charge in [-0.2, -0.15) is 0 Å². The van der Waals surface area contributed by atoms with Crippen molar-refractivity contribution in [3.63, 3.8) is 0 Å². The van der Waals surface area contributed by atoms with Crippen LogP contribution in [0.4, 0.5) is 5.69 Å². The number of benzene rings is 1. The van der Waals surface area contributed by atoms with Crippen LogP contribution in [0.15, 0.2) is 24.3 Å². The zero-order valence-corrected chi connectivity index (χ0v) is 12.4. The average molecular weight is 282 g/mol. The molecule has 0 spiro atoms. The summed E-state index contributed by atoms with van der Waals surface area (Å²) >= 11 is 0. The summed E-state index contributed by atoms with van der Waals surface area (Å²) in [5.74, 6) is 0.583. The minimum atomic E-state index is -2.81. The fourth-order valence-corrected chi connectivity index (χ4v) is 4.09. The van der Waals surface area contributed by atoms with Crippen LogP contribution in [0.25, 0.3) is 0 Å². The zero-order chi connectivity index (χ0) is 13.9. The lowest BCUT2D eigenvalue weighted by atomic mass is 10.2. The fraction of sp³-hybridized carbons (Fsp3) is 0.571. The van der Waals surface area contributed by atoms with Gasteiger partial charge in [0.2, 0.25) is 0 Å². The van der Waals surface area contributed by atoms with Crippen molar-refractivity contribution in [1.82, 2.24) is 4.90 Å². The van der Waals surface area contributed by atoms with Gasteiger partial charge in [0.25, 0.3) is 0 Å². The van der Waals surface area contributed by atoms with Gasteiger partial charge in [-0.1, -0.05) is 12.1 Å². The molecule has 0 aliphatic carbocycles. The van der Waals surface area contributed by atoms with E-state index in [1.165, 1.54) is 5.56 Å². The number of sulfone groups is 1. The lowest BCUT2D eigenvalue weighted by Crippen LogP contribution is -2.48. The first-order chi connectivity index (χ1) is 8.96. The van der Waals surface area contributed by atoms with Gasteiger partial charge in [0, 0.05) is 31.4 Å². The second kappa shape index (κ2) is 5.92. The van der Waals surface area contributed by atoms with Gasteiger partial charge in [-0.3, -0.25) is 4.90 Å². The molecule has 19 heavy (non-hydrogen) atoms. The number of nitrogens with zero attached hydrogens (tertiary/aromatic N) is 1. The van der Waals surface area contributed by atoms with Gasteiger partial charge in [0.15, 0.2) is 9.84 Å². The number of hydrogen-bond donors (Lipinski definition) is 1. The Morgan fingerprint density at radius 2 is 2.21 bits per heavy atom. The van der Waals surface area contributed by atoms with Gasteiger partial charge in [0.05, 0.1) is 11.5 Å². The fourth-order valence-electron chi connectivity index (χ4n) is 2.46. The van der Waals surface area contributed by atoms with Gasteiger partial charge in [-0.25, -0.2) is 8.42 Å². The van der Waals surface area contributed by atoms with Crippen molar-refractivity contribution in [3.05, 3.63) is 29.8 Å². The third-order valence-corrected chi connectivity index (χ3v) is 5.35. The first-order valence-electron chi connectivity index (χ1n) is 6.71. The van der Waals surface area contributed by atoms with Crippen LogP contribution in [-0.2, 0) is 9.84 Å². The smallest absolute Gasteiger partial charge is 0.153 e. The van der Waals surface area contributed by atoms with Crippen LogP contribution in [0.5, 0.6) is 0 Å². The second-order valence-corrected chi connectivity index (χ2v) is 7.52. The third kappa shape index (κ3) is 4.21. The van der Waals surface area contributed by atoms with Crippen LogP contribution in [0.1, 0.15) is 12.5 Å². The van der Waals surface area contributed by atoms with E-state index >= 15 is 0 Å². The second-order valence-electron chi connectivity index (χ2n) is 5.30. The standard InChI is InChI=1S/C14H22N2O2S/c1-12-4-3-5-14(10-12)15-6-7-16-8-9-19(17,18)11-13(16)2/h3-5,10,13,15H,6-9,11H2,1-2H3. The molecule has 1 aliphatic rings. The minimum Gasteiger partial charge on any atom is -0.384 e. The van der Waals surface area contributed by atoms with Crippen LogP contribution >= 0.6 is 0 Å². The van der Waals surface area contributed by atoms with Crippen LogP contribution in [0, 0.1) is 6.92 Å². The Labute approximate surface area is 115 Å². The zero-order valence-electron chi connectivity index (χ0n) is 11.6. The molecule has 0 radical (unpaired) electrons. The van der Waals surface area contributed by atoms with E-state index in [2.05, 4.69) is 35.3 Å². The van der Waals surface area contributed by atoms with Crippen molar-refractivity contribution in [2.24, 2.45) is 0 Å². The van der Waals surface area contributed by atoms with Gasteiger partial charge in [0.1, 0.15) is 0 Å². The van der Waals surface area contributed by atoms with Crippen molar-refractivity contribution < 1.29 is 8.42 Å². The summed E-state index contributed by atoms with van der Waals surface area (Å²) in [5, 5.41) is 3.38. The Morgan fingerprint density at radius 1 is 1.42 bits per heavy atom. The lowest BCUT2D eigenvalue weighted by Gasteiger charge is -2.33. The Balaban J connectivity index is 1.80. The molecule has 2 rings (SSSR count). The third-order valence-electron chi connectivity index (χ3n) is 3.55. The van der Waals surface area contributed by atoms with Crippen LogP contribution in [-0.4, -0.2) is 50.5 Å². The predicted molar refractivity (Wildman–Crippen MR) is 79.4 cm³/mol. The molecule has 1 heterocycles. The largest absolute Gasteiger partial charge is 0.384 e. The van der Waals surface area contributed by atoms with Gasteiger partial charge in [-0.05, 0) is 31.5 Å². The molecular formula is C14H22N2O2S. The summed E-state index contributed by atoms with van der Waals surface area (Å²) in [4.78, 5) is 2.24. The molecule has 5 heteroatoms. The van der Waals surface area contributed by atoms with Crippen molar-refractivity contribution in [2.45, 2.75) is 19.9 Å². The molecule has 4 nitrogen and oxygen atoms in total. The molecular weight excluding hydrogens is 260 g/mol. The molecule has 0 aromatic heterocycles. The number of anilines is 1. The molecule has 0 bridgehead atoms. The maximum absolute atomic E-state index is 11.5. The van der Waals surface area contributed by atoms with Crippen molar-refractivity contribution >= 4 is 15.5 Å². The Bertz CT molecular complexity index is 528. The van der Waals surface area contributed by atoms with Crippen molar-refractivity contribution in [1.29, 1.82) is 0 Å². The summed E-state index contributed by atoms with van der Waals surface area (Å²) in [5.41, 5.74) is 2.36. The summed E-state index contributed by atoms with van der Waals surface area (Å²) in [6.07, 6.45) is 0. The van der Waals surface area contributed by atoms with Crippen molar-refractivity contribution in [3.8, 4) is 0 Å². The van der Waals surface area contributed by atoms with E-state index in [9.17, 15) is 8.42 Å². The summed E-state index contributed by atoms with van der Waals surface area (Å²) < 4.78 is 23.0. The highest BCUT2D eigenvalue weighted by Gasteiger charge is 2.27. The molecule has 1 atom stereocenters. The first-order valence-corrected chi connectivity index (χ1v) is 8.53. The molecule has 1 aromatic carbocycles. The van der Waals surface area contributed by atoms with E-state index in [4.69, 9.17) is 0 Å².